The summed E-state index contributed by atoms with van der Waals surface area (Å²) in [5, 5.41) is 2.25. The SMILES string of the molecule is CC1CCC(c2ccccc2)=C2CCN(C)CC21.CNC=O. The molecule has 0 bridgehead atoms. The van der Waals surface area contributed by atoms with Crippen LogP contribution in [0.15, 0.2) is 35.9 Å². The molecule has 1 saturated heterocycles. The zero-order chi connectivity index (χ0) is 15.9. The summed E-state index contributed by atoms with van der Waals surface area (Å²) >= 11 is 0. The number of hydrogen-bond donors (Lipinski definition) is 1. The number of nitrogens with zero attached hydrogens (tertiary/aromatic N) is 1. The number of amides is 1. The number of rotatable bonds is 2. The van der Waals surface area contributed by atoms with Crippen LogP contribution in [0.3, 0.4) is 0 Å². The summed E-state index contributed by atoms with van der Waals surface area (Å²) in [7, 11) is 3.83. The lowest BCUT2D eigenvalue weighted by molar-refractivity contribution is -0.109. The zero-order valence-corrected chi connectivity index (χ0v) is 14.0. The van der Waals surface area contributed by atoms with E-state index in [1.165, 1.54) is 37.9 Å². The Kier molecular flexibility index (Phi) is 6.20. The van der Waals surface area contributed by atoms with Gasteiger partial charge in [-0.25, -0.2) is 0 Å². The second kappa shape index (κ2) is 8.14. The number of allylic oxidation sites excluding steroid dienone is 1. The molecule has 0 aromatic heterocycles. The third-order valence-electron chi connectivity index (χ3n) is 4.88. The number of piperidine rings is 1. The topological polar surface area (TPSA) is 32.3 Å². The highest BCUT2D eigenvalue weighted by molar-refractivity contribution is 5.70. The molecule has 1 aliphatic heterocycles. The summed E-state index contributed by atoms with van der Waals surface area (Å²) in [5.41, 5.74) is 4.89. The fourth-order valence-corrected chi connectivity index (χ4v) is 3.63. The number of fused-ring (bicyclic) bond motifs is 1. The average Bonchev–Trinajstić information content (AvgIpc) is 2.57. The van der Waals surface area contributed by atoms with Crippen molar-refractivity contribution in [1.29, 1.82) is 0 Å². The van der Waals surface area contributed by atoms with Gasteiger partial charge in [0.1, 0.15) is 0 Å². The van der Waals surface area contributed by atoms with Crippen LogP contribution in [-0.4, -0.2) is 38.5 Å². The molecule has 1 aromatic rings. The van der Waals surface area contributed by atoms with Gasteiger partial charge in [0.05, 0.1) is 0 Å². The van der Waals surface area contributed by atoms with E-state index in [9.17, 15) is 0 Å². The Hall–Kier alpha value is -1.61. The zero-order valence-electron chi connectivity index (χ0n) is 14.0. The van der Waals surface area contributed by atoms with Crippen molar-refractivity contribution in [3.63, 3.8) is 0 Å². The first kappa shape index (κ1) is 16.8. The molecule has 22 heavy (non-hydrogen) atoms. The Morgan fingerprint density at radius 3 is 2.55 bits per heavy atom. The Balaban J connectivity index is 0.000000396. The molecular formula is C19H28N2O. The van der Waals surface area contributed by atoms with Crippen LogP contribution in [0.5, 0.6) is 0 Å². The molecule has 1 fully saturated rings. The van der Waals surface area contributed by atoms with Crippen LogP contribution in [-0.2, 0) is 4.79 Å². The van der Waals surface area contributed by atoms with Crippen molar-refractivity contribution < 1.29 is 4.79 Å². The van der Waals surface area contributed by atoms with Gasteiger partial charge in [-0.05, 0) is 49.3 Å². The standard InChI is InChI=1S/C17H23N.C2H5NO/c1-13-8-9-15(14-6-4-3-5-7-14)16-10-11-18(2)12-17(13)16;1-3-2-4/h3-7,13,17H,8-12H2,1-2H3;2H,1H3,(H,3,4). The van der Waals surface area contributed by atoms with Gasteiger partial charge in [-0.15, -0.1) is 0 Å². The lowest BCUT2D eigenvalue weighted by Crippen LogP contribution is -2.38. The molecule has 3 rings (SSSR count). The van der Waals surface area contributed by atoms with Crippen molar-refractivity contribution in [2.45, 2.75) is 26.2 Å². The van der Waals surface area contributed by atoms with E-state index in [0.717, 1.165) is 11.8 Å². The van der Waals surface area contributed by atoms with E-state index >= 15 is 0 Å². The molecule has 0 radical (unpaired) electrons. The van der Waals surface area contributed by atoms with Crippen LogP contribution in [0, 0.1) is 11.8 Å². The van der Waals surface area contributed by atoms with E-state index in [2.05, 4.69) is 54.5 Å². The van der Waals surface area contributed by atoms with E-state index in [4.69, 9.17) is 4.79 Å². The van der Waals surface area contributed by atoms with Gasteiger partial charge in [-0.1, -0.05) is 42.8 Å². The highest BCUT2D eigenvalue weighted by Gasteiger charge is 2.32. The second-order valence-electron chi connectivity index (χ2n) is 6.41. The van der Waals surface area contributed by atoms with Gasteiger partial charge in [-0.3, -0.25) is 4.79 Å². The van der Waals surface area contributed by atoms with Crippen LogP contribution >= 0.6 is 0 Å². The highest BCUT2D eigenvalue weighted by atomic mass is 16.1. The van der Waals surface area contributed by atoms with Crippen molar-refractivity contribution in [2.24, 2.45) is 11.8 Å². The maximum atomic E-state index is 9.06. The summed E-state index contributed by atoms with van der Waals surface area (Å²) in [6.07, 6.45) is 4.53. The van der Waals surface area contributed by atoms with E-state index in [1.54, 1.807) is 18.2 Å². The van der Waals surface area contributed by atoms with Gasteiger partial charge in [0.2, 0.25) is 6.41 Å². The normalized spacial score (nSPS) is 24.9. The molecule has 1 aromatic carbocycles. The summed E-state index contributed by atoms with van der Waals surface area (Å²) < 4.78 is 0. The quantitative estimate of drug-likeness (QED) is 0.851. The predicted molar refractivity (Wildman–Crippen MR) is 92.5 cm³/mol. The minimum atomic E-state index is 0.625. The molecule has 1 heterocycles. The van der Waals surface area contributed by atoms with Crippen molar-refractivity contribution >= 4 is 12.0 Å². The number of carbonyl (C=O) groups excluding carboxylic acids is 1. The highest BCUT2D eigenvalue weighted by Crippen LogP contribution is 2.42. The molecule has 120 valence electrons. The second-order valence-corrected chi connectivity index (χ2v) is 6.41. The first-order valence-electron chi connectivity index (χ1n) is 8.24. The van der Waals surface area contributed by atoms with Crippen LogP contribution < -0.4 is 5.32 Å². The minimum absolute atomic E-state index is 0.625. The molecule has 2 unspecified atom stereocenters. The van der Waals surface area contributed by atoms with E-state index in [-0.39, 0.29) is 0 Å². The van der Waals surface area contributed by atoms with Gasteiger partial charge in [0.15, 0.2) is 0 Å². The third kappa shape index (κ3) is 3.98. The molecule has 3 heteroatoms. The summed E-state index contributed by atoms with van der Waals surface area (Å²) in [6.45, 7) is 4.92. The third-order valence-corrected chi connectivity index (χ3v) is 4.88. The molecule has 0 saturated carbocycles. The molecular weight excluding hydrogens is 272 g/mol. The Morgan fingerprint density at radius 2 is 1.91 bits per heavy atom. The van der Waals surface area contributed by atoms with E-state index in [1.807, 2.05) is 0 Å². The maximum absolute atomic E-state index is 9.06. The predicted octanol–water partition coefficient (Wildman–Crippen LogP) is 3.18. The first-order chi connectivity index (χ1) is 10.7. The molecule has 1 aliphatic carbocycles. The molecule has 2 atom stereocenters. The molecule has 1 amide bonds. The van der Waals surface area contributed by atoms with Crippen molar-refractivity contribution in [1.82, 2.24) is 10.2 Å². The first-order valence-corrected chi connectivity index (χ1v) is 8.24. The Morgan fingerprint density at radius 1 is 1.23 bits per heavy atom. The van der Waals surface area contributed by atoms with Gasteiger partial charge in [0.25, 0.3) is 0 Å². The minimum Gasteiger partial charge on any atom is -0.362 e. The van der Waals surface area contributed by atoms with Gasteiger partial charge >= 0.3 is 0 Å². The number of likely N-dealkylation sites (tertiary alicyclic amines) is 1. The average molecular weight is 300 g/mol. The molecule has 3 nitrogen and oxygen atoms in total. The monoisotopic (exact) mass is 300 g/mol. The fourth-order valence-electron chi connectivity index (χ4n) is 3.63. The van der Waals surface area contributed by atoms with Gasteiger partial charge < -0.3 is 10.2 Å². The van der Waals surface area contributed by atoms with Crippen LogP contribution in [0.1, 0.15) is 31.7 Å². The summed E-state index contributed by atoms with van der Waals surface area (Å²) in [6, 6.07) is 11.0. The van der Waals surface area contributed by atoms with E-state index in [0.29, 0.717) is 6.41 Å². The number of carbonyl (C=O) groups is 1. The molecule has 0 spiro atoms. The lowest BCUT2D eigenvalue weighted by Gasteiger charge is -2.41. The van der Waals surface area contributed by atoms with Crippen molar-refractivity contribution in [3.8, 4) is 0 Å². The largest absolute Gasteiger partial charge is 0.362 e. The Bertz CT molecular complexity index is 509. The summed E-state index contributed by atoms with van der Waals surface area (Å²) in [5.74, 6) is 1.66. The smallest absolute Gasteiger partial charge is 0.206 e. The van der Waals surface area contributed by atoms with Crippen LogP contribution in [0.25, 0.3) is 5.57 Å². The summed E-state index contributed by atoms with van der Waals surface area (Å²) in [4.78, 5) is 11.6. The number of nitrogens with one attached hydrogen (secondary N) is 1. The fraction of sp³-hybridized carbons (Fsp3) is 0.526. The van der Waals surface area contributed by atoms with Crippen molar-refractivity contribution in [3.05, 3.63) is 41.5 Å². The van der Waals surface area contributed by atoms with E-state index < -0.39 is 0 Å². The van der Waals surface area contributed by atoms with Gasteiger partial charge in [-0.2, -0.15) is 0 Å². The van der Waals surface area contributed by atoms with Crippen molar-refractivity contribution in [2.75, 3.05) is 27.2 Å². The van der Waals surface area contributed by atoms with Crippen LogP contribution in [0.2, 0.25) is 0 Å². The number of benzene rings is 1. The maximum Gasteiger partial charge on any atom is 0.206 e. The lowest BCUT2D eigenvalue weighted by atomic mass is 9.71. The Labute approximate surface area is 134 Å². The molecule has 2 aliphatic rings. The number of hydrogen-bond acceptors (Lipinski definition) is 2. The van der Waals surface area contributed by atoms with Gasteiger partial charge in [0, 0.05) is 20.1 Å². The molecule has 1 N–H and O–H groups in total. The van der Waals surface area contributed by atoms with Crippen LogP contribution in [0.4, 0.5) is 0 Å².